The second-order valence-electron chi connectivity index (χ2n) is 5.44. The summed E-state index contributed by atoms with van der Waals surface area (Å²) in [6.07, 6.45) is 11.4. The molecule has 0 amide bonds. The van der Waals surface area contributed by atoms with Crippen molar-refractivity contribution in [2.24, 2.45) is 5.41 Å². The first-order valence-corrected chi connectivity index (χ1v) is 7.91. The van der Waals surface area contributed by atoms with Crippen LogP contribution in [0, 0.1) is 5.41 Å². The van der Waals surface area contributed by atoms with Crippen molar-refractivity contribution in [2.45, 2.75) is 49.5 Å². The van der Waals surface area contributed by atoms with Crippen LogP contribution in [0.25, 0.3) is 0 Å². The van der Waals surface area contributed by atoms with E-state index in [1.165, 1.54) is 32.1 Å². The number of aromatic nitrogens is 1. The smallest absolute Gasteiger partial charge is 0.139 e. The Kier molecular flexibility index (Phi) is 3.55. The van der Waals surface area contributed by atoms with E-state index >= 15 is 0 Å². The van der Waals surface area contributed by atoms with E-state index in [1.807, 2.05) is 6.07 Å². The maximum atomic E-state index is 6.12. The average molecular weight is 331 g/mol. The lowest BCUT2D eigenvalue weighted by Gasteiger charge is -2.55. The van der Waals surface area contributed by atoms with Crippen LogP contribution >= 0.6 is 27.5 Å². The van der Waals surface area contributed by atoms with Gasteiger partial charge in [-0.2, -0.15) is 0 Å². The number of hydrogen-bond donors (Lipinski definition) is 0. The van der Waals surface area contributed by atoms with E-state index in [0.29, 0.717) is 21.4 Å². The van der Waals surface area contributed by atoms with Crippen LogP contribution < -0.4 is 4.74 Å². The zero-order chi connectivity index (χ0) is 12.6. The van der Waals surface area contributed by atoms with Gasteiger partial charge in [-0.1, -0.05) is 46.8 Å². The van der Waals surface area contributed by atoms with Crippen molar-refractivity contribution in [3.8, 4) is 5.75 Å². The predicted molar refractivity (Wildman–Crippen MR) is 76.5 cm³/mol. The first kappa shape index (κ1) is 12.7. The lowest BCUT2D eigenvalue weighted by atomic mass is 9.58. The summed E-state index contributed by atoms with van der Waals surface area (Å²) in [4.78, 5) is 4.69. The van der Waals surface area contributed by atoms with Crippen molar-refractivity contribution in [3.63, 3.8) is 0 Å². The normalized spacial score (nSPS) is 29.9. The van der Waals surface area contributed by atoms with Gasteiger partial charge in [0.1, 0.15) is 11.9 Å². The standard InChI is InChI=1S/C14H17BrClNO/c15-12-7-13(14(12)4-2-1-3-5-14)18-11-6-10(16)8-17-9-11/h6,8-9,12-13H,1-5,7H2. The van der Waals surface area contributed by atoms with E-state index < -0.39 is 0 Å². The molecule has 4 heteroatoms. The molecule has 0 N–H and O–H groups in total. The van der Waals surface area contributed by atoms with E-state index in [2.05, 4.69) is 20.9 Å². The fraction of sp³-hybridized carbons (Fsp3) is 0.643. The Balaban J connectivity index is 1.73. The summed E-state index contributed by atoms with van der Waals surface area (Å²) >= 11 is 9.77. The number of pyridine rings is 1. The molecule has 3 rings (SSSR count). The number of halogens is 2. The molecule has 2 atom stereocenters. The minimum absolute atomic E-state index is 0.322. The van der Waals surface area contributed by atoms with Crippen LogP contribution in [-0.2, 0) is 0 Å². The van der Waals surface area contributed by atoms with Gasteiger partial charge in [-0.05, 0) is 19.3 Å². The van der Waals surface area contributed by atoms with Crippen LogP contribution in [0.2, 0.25) is 5.02 Å². The van der Waals surface area contributed by atoms with Crippen LogP contribution in [0.3, 0.4) is 0 Å². The first-order valence-electron chi connectivity index (χ1n) is 6.62. The molecular formula is C14H17BrClNO. The summed E-state index contributed by atoms with van der Waals surface area (Å²) in [6.45, 7) is 0. The number of nitrogens with zero attached hydrogens (tertiary/aromatic N) is 1. The third-order valence-electron chi connectivity index (χ3n) is 4.43. The zero-order valence-corrected chi connectivity index (χ0v) is 12.6. The molecule has 0 aromatic carbocycles. The third-order valence-corrected chi connectivity index (χ3v) is 5.92. The van der Waals surface area contributed by atoms with Gasteiger partial charge in [0.2, 0.25) is 0 Å². The van der Waals surface area contributed by atoms with Gasteiger partial charge >= 0.3 is 0 Å². The summed E-state index contributed by atoms with van der Waals surface area (Å²) < 4.78 is 6.12. The second-order valence-corrected chi connectivity index (χ2v) is 6.98. The van der Waals surface area contributed by atoms with Crippen molar-refractivity contribution < 1.29 is 4.74 Å². The van der Waals surface area contributed by atoms with Crippen molar-refractivity contribution in [3.05, 3.63) is 23.5 Å². The number of rotatable bonds is 2. The summed E-state index contributed by atoms with van der Waals surface area (Å²) in [7, 11) is 0. The Labute approximate surface area is 121 Å². The molecule has 1 aromatic heterocycles. The minimum atomic E-state index is 0.322. The van der Waals surface area contributed by atoms with Crippen molar-refractivity contribution >= 4 is 27.5 Å². The molecule has 2 aliphatic rings. The van der Waals surface area contributed by atoms with Gasteiger partial charge in [0.15, 0.2) is 0 Å². The number of hydrogen-bond acceptors (Lipinski definition) is 2. The van der Waals surface area contributed by atoms with Gasteiger partial charge in [-0.15, -0.1) is 0 Å². The molecule has 2 unspecified atom stereocenters. The fourth-order valence-electron chi connectivity index (χ4n) is 3.33. The Morgan fingerprint density at radius 3 is 2.72 bits per heavy atom. The van der Waals surface area contributed by atoms with Crippen LogP contribution in [0.1, 0.15) is 38.5 Å². The Bertz CT molecular complexity index is 434. The molecule has 2 saturated carbocycles. The summed E-state index contributed by atoms with van der Waals surface area (Å²) in [5.74, 6) is 0.803. The largest absolute Gasteiger partial charge is 0.488 e. The van der Waals surface area contributed by atoms with Crippen LogP contribution in [0.15, 0.2) is 18.5 Å². The highest BCUT2D eigenvalue weighted by molar-refractivity contribution is 9.09. The molecule has 2 fully saturated rings. The molecule has 0 saturated heterocycles. The quantitative estimate of drug-likeness (QED) is 0.739. The van der Waals surface area contributed by atoms with E-state index in [4.69, 9.17) is 16.3 Å². The van der Waals surface area contributed by atoms with Gasteiger partial charge in [-0.3, -0.25) is 4.98 Å². The Morgan fingerprint density at radius 2 is 2.06 bits per heavy atom. The molecule has 1 heterocycles. The lowest BCUT2D eigenvalue weighted by Crippen LogP contribution is -2.57. The zero-order valence-electron chi connectivity index (χ0n) is 10.2. The predicted octanol–water partition coefficient (Wildman–Crippen LogP) is 4.60. The van der Waals surface area contributed by atoms with E-state index in [-0.39, 0.29) is 0 Å². The molecule has 2 aliphatic carbocycles. The molecule has 1 spiro atoms. The highest BCUT2D eigenvalue weighted by atomic mass is 79.9. The van der Waals surface area contributed by atoms with Gasteiger partial charge < -0.3 is 4.74 Å². The van der Waals surface area contributed by atoms with Crippen molar-refractivity contribution in [1.82, 2.24) is 4.98 Å². The molecule has 0 radical (unpaired) electrons. The summed E-state index contributed by atoms with van der Waals surface area (Å²) in [5.41, 5.74) is 0.348. The van der Waals surface area contributed by atoms with Crippen LogP contribution in [0.5, 0.6) is 5.75 Å². The van der Waals surface area contributed by atoms with E-state index in [0.717, 1.165) is 12.2 Å². The Morgan fingerprint density at radius 1 is 1.28 bits per heavy atom. The van der Waals surface area contributed by atoms with Gasteiger partial charge in [0.05, 0.1) is 11.2 Å². The summed E-state index contributed by atoms with van der Waals surface area (Å²) in [6, 6.07) is 1.85. The van der Waals surface area contributed by atoms with Crippen LogP contribution in [-0.4, -0.2) is 15.9 Å². The van der Waals surface area contributed by atoms with E-state index in [1.54, 1.807) is 12.4 Å². The molecule has 98 valence electrons. The van der Waals surface area contributed by atoms with Gasteiger partial charge in [0.25, 0.3) is 0 Å². The maximum Gasteiger partial charge on any atom is 0.139 e. The highest BCUT2D eigenvalue weighted by Crippen LogP contribution is 2.56. The molecule has 0 aliphatic heterocycles. The number of ether oxygens (including phenoxy) is 1. The van der Waals surface area contributed by atoms with Gasteiger partial charge in [-0.25, -0.2) is 0 Å². The third kappa shape index (κ3) is 2.16. The van der Waals surface area contributed by atoms with Crippen molar-refractivity contribution in [1.29, 1.82) is 0 Å². The Hall–Kier alpha value is -0.280. The van der Waals surface area contributed by atoms with E-state index in [9.17, 15) is 0 Å². The topological polar surface area (TPSA) is 22.1 Å². The molecular weight excluding hydrogens is 314 g/mol. The number of alkyl halides is 1. The summed E-state index contributed by atoms with van der Waals surface area (Å²) in [5, 5.41) is 0.639. The SMILES string of the molecule is Clc1cncc(OC2CC(Br)C23CCCCC3)c1. The average Bonchev–Trinajstić information content (AvgIpc) is 2.39. The lowest BCUT2D eigenvalue weighted by molar-refractivity contribution is -0.0602. The van der Waals surface area contributed by atoms with Crippen molar-refractivity contribution in [2.75, 3.05) is 0 Å². The maximum absolute atomic E-state index is 6.12. The van der Waals surface area contributed by atoms with Crippen LogP contribution in [0.4, 0.5) is 0 Å². The molecule has 2 nitrogen and oxygen atoms in total. The van der Waals surface area contributed by atoms with Gasteiger partial charge in [0, 0.05) is 22.5 Å². The highest BCUT2D eigenvalue weighted by Gasteiger charge is 2.55. The minimum Gasteiger partial charge on any atom is -0.488 e. The fourth-order valence-corrected chi connectivity index (χ4v) is 4.59. The first-order chi connectivity index (χ1) is 8.71. The molecule has 18 heavy (non-hydrogen) atoms. The molecule has 0 bridgehead atoms. The second kappa shape index (κ2) is 5.01. The molecule has 1 aromatic rings. The monoisotopic (exact) mass is 329 g/mol.